The zero-order valence-electron chi connectivity index (χ0n) is 12.2. The van der Waals surface area contributed by atoms with Crippen molar-refractivity contribution in [3.8, 4) is 0 Å². The lowest BCUT2D eigenvalue weighted by atomic mass is 10.0. The fourth-order valence-corrected chi connectivity index (χ4v) is 2.25. The smallest absolute Gasteiger partial charge is 0.119 e. The van der Waals surface area contributed by atoms with Gasteiger partial charge in [0.15, 0.2) is 0 Å². The summed E-state index contributed by atoms with van der Waals surface area (Å²) in [6.07, 6.45) is 15.9. The van der Waals surface area contributed by atoms with Crippen molar-refractivity contribution in [1.82, 2.24) is 0 Å². The van der Waals surface area contributed by atoms with Gasteiger partial charge in [0.05, 0.1) is 6.10 Å². The molecule has 0 rings (SSSR count). The topological polar surface area (TPSA) is 37.3 Å². The molecule has 0 aromatic rings. The number of hydrogen-bond acceptors (Lipinski definition) is 2. The average Bonchev–Trinajstić information content (AvgIpc) is 2.38. The molecule has 1 N–H and O–H groups in total. The zero-order valence-corrected chi connectivity index (χ0v) is 12.2. The van der Waals surface area contributed by atoms with E-state index in [4.69, 9.17) is 0 Å². The third-order valence-electron chi connectivity index (χ3n) is 3.50. The Balaban J connectivity index is 3.04. The molecule has 0 aromatic heterocycles. The number of rotatable bonds is 14. The number of unbranched alkanes of at least 4 members (excludes halogenated alkanes) is 9. The van der Waals surface area contributed by atoms with Crippen LogP contribution in [0.1, 0.15) is 90.4 Å². The average molecular weight is 256 g/mol. The van der Waals surface area contributed by atoms with E-state index >= 15 is 0 Å². The maximum atomic E-state index is 10.1. The highest BCUT2D eigenvalue weighted by atomic mass is 16.3. The first-order valence-electron chi connectivity index (χ1n) is 7.93. The molecule has 0 heterocycles. The minimum atomic E-state index is -0.0618. The van der Waals surface area contributed by atoms with Gasteiger partial charge in [-0.3, -0.25) is 0 Å². The molecule has 0 bridgehead atoms. The van der Waals surface area contributed by atoms with Gasteiger partial charge in [0, 0.05) is 6.42 Å². The molecule has 0 aliphatic heterocycles. The van der Waals surface area contributed by atoms with E-state index in [9.17, 15) is 9.90 Å². The van der Waals surface area contributed by atoms with Crippen molar-refractivity contribution in [2.24, 2.45) is 0 Å². The quantitative estimate of drug-likeness (QED) is 0.363. The summed E-state index contributed by atoms with van der Waals surface area (Å²) in [5.41, 5.74) is 0. The van der Waals surface area contributed by atoms with Crippen molar-refractivity contribution in [3.63, 3.8) is 0 Å². The summed E-state index contributed by atoms with van der Waals surface area (Å²) in [6, 6.07) is 0. The molecule has 1 unspecified atom stereocenters. The molecular weight excluding hydrogens is 224 g/mol. The van der Waals surface area contributed by atoms with Gasteiger partial charge in [0.2, 0.25) is 0 Å². The first-order chi connectivity index (χ1) is 8.81. The second kappa shape index (κ2) is 14.7. The second-order valence-corrected chi connectivity index (χ2v) is 5.37. The molecule has 0 aliphatic rings. The van der Waals surface area contributed by atoms with Crippen LogP contribution in [-0.4, -0.2) is 17.5 Å². The molecular formula is C16H32O2. The number of aliphatic hydroxyl groups is 1. The Morgan fingerprint density at radius 2 is 1.33 bits per heavy atom. The molecule has 0 amide bonds. The standard InChI is InChI=1S/C16H32O2/c1-2-3-13-16(18)14-11-9-7-5-4-6-8-10-12-15-17/h15-16,18H,2-14H2,1H3. The Hall–Kier alpha value is -0.370. The van der Waals surface area contributed by atoms with Crippen molar-refractivity contribution in [1.29, 1.82) is 0 Å². The van der Waals surface area contributed by atoms with E-state index in [-0.39, 0.29) is 6.10 Å². The molecule has 18 heavy (non-hydrogen) atoms. The number of carbonyl (C=O) groups is 1. The summed E-state index contributed by atoms with van der Waals surface area (Å²) in [6.45, 7) is 2.17. The molecule has 108 valence electrons. The number of carbonyl (C=O) groups excluding carboxylic acids is 1. The Kier molecular flexibility index (Phi) is 14.4. The highest BCUT2D eigenvalue weighted by Gasteiger charge is 2.02. The van der Waals surface area contributed by atoms with Gasteiger partial charge in [-0.2, -0.15) is 0 Å². The molecule has 0 aliphatic carbocycles. The van der Waals surface area contributed by atoms with Crippen LogP contribution in [0.25, 0.3) is 0 Å². The van der Waals surface area contributed by atoms with Gasteiger partial charge in [0.25, 0.3) is 0 Å². The molecule has 2 heteroatoms. The SMILES string of the molecule is CCCCC(O)CCCCCCCCCCC=O. The number of aldehydes is 1. The minimum Gasteiger partial charge on any atom is -0.393 e. The van der Waals surface area contributed by atoms with E-state index in [0.29, 0.717) is 0 Å². The maximum Gasteiger partial charge on any atom is 0.119 e. The summed E-state index contributed by atoms with van der Waals surface area (Å²) in [7, 11) is 0. The fourth-order valence-electron chi connectivity index (χ4n) is 2.25. The normalized spacial score (nSPS) is 12.6. The van der Waals surface area contributed by atoms with E-state index in [2.05, 4.69) is 6.92 Å². The predicted molar refractivity (Wildman–Crippen MR) is 77.8 cm³/mol. The minimum absolute atomic E-state index is 0.0618. The van der Waals surface area contributed by atoms with Crippen LogP contribution in [0.3, 0.4) is 0 Å². The predicted octanol–water partition coefficient (Wildman–Crippen LogP) is 4.64. The van der Waals surface area contributed by atoms with Crippen molar-refractivity contribution >= 4 is 6.29 Å². The number of aliphatic hydroxyl groups excluding tert-OH is 1. The van der Waals surface area contributed by atoms with Crippen LogP contribution in [0.5, 0.6) is 0 Å². The Bertz CT molecular complexity index is 168. The van der Waals surface area contributed by atoms with Crippen LogP contribution < -0.4 is 0 Å². The van der Waals surface area contributed by atoms with Crippen LogP contribution >= 0.6 is 0 Å². The van der Waals surface area contributed by atoms with Gasteiger partial charge in [-0.25, -0.2) is 0 Å². The van der Waals surface area contributed by atoms with Gasteiger partial charge in [-0.05, 0) is 19.3 Å². The van der Waals surface area contributed by atoms with Gasteiger partial charge < -0.3 is 9.90 Å². The van der Waals surface area contributed by atoms with Crippen LogP contribution in [0, 0.1) is 0 Å². The van der Waals surface area contributed by atoms with Gasteiger partial charge in [-0.1, -0.05) is 64.7 Å². The molecule has 0 saturated heterocycles. The van der Waals surface area contributed by atoms with Crippen LogP contribution in [0.2, 0.25) is 0 Å². The van der Waals surface area contributed by atoms with Crippen LogP contribution in [0.15, 0.2) is 0 Å². The van der Waals surface area contributed by atoms with Crippen LogP contribution in [-0.2, 0) is 4.79 Å². The second-order valence-electron chi connectivity index (χ2n) is 5.37. The van der Waals surface area contributed by atoms with E-state index in [1.807, 2.05) is 0 Å². The van der Waals surface area contributed by atoms with Gasteiger partial charge in [-0.15, -0.1) is 0 Å². The zero-order chi connectivity index (χ0) is 13.5. The lowest BCUT2D eigenvalue weighted by Crippen LogP contribution is -2.05. The lowest BCUT2D eigenvalue weighted by Gasteiger charge is -2.09. The summed E-state index contributed by atoms with van der Waals surface area (Å²) in [4.78, 5) is 10.1. The molecule has 0 saturated carbocycles. The fraction of sp³-hybridized carbons (Fsp3) is 0.938. The summed E-state index contributed by atoms with van der Waals surface area (Å²) < 4.78 is 0. The highest BCUT2D eigenvalue weighted by Crippen LogP contribution is 2.13. The largest absolute Gasteiger partial charge is 0.393 e. The molecule has 1 atom stereocenters. The first-order valence-corrected chi connectivity index (χ1v) is 7.93. The van der Waals surface area contributed by atoms with Gasteiger partial charge >= 0.3 is 0 Å². The highest BCUT2D eigenvalue weighted by molar-refractivity contribution is 5.48. The Morgan fingerprint density at radius 3 is 1.89 bits per heavy atom. The van der Waals surface area contributed by atoms with Crippen molar-refractivity contribution in [2.75, 3.05) is 0 Å². The van der Waals surface area contributed by atoms with Crippen molar-refractivity contribution < 1.29 is 9.90 Å². The van der Waals surface area contributed by atoms with E-state index in [1.165, 1.54) is 51.4 Å². The van der Waals surface area contributed by atoms with Crippen LogP contribution in [0.4, 0.5) is 0 Å². The molecule has 0 radical (unpaired) electrons. The van der Waals surface area contributed by atoms with Crippen molar-refractivity contribution in [2.45, 2.75) is 96.5 Å². The lowest BCUT2D eigenvalue weighted by molar-refractivity contribution is -0.107. The molecule has 0 aromatic carbocycles. The number of hydrogen-bond donors (Lipinski definition) is 1. The Morgan fingerprint density at radius 1 is 0.833 bits per heavy atom. The monoisotopic (exact) mass is 256 g/mol. The van der Waals surface area contributed by atoms with E-state index in [0.717, 1.165) is 38.4 Å². The molecule has 2 nitrogen and oxygen atoms in total. The Labute approximate surface area is 113 Å². The summed E-state index contributed by atoms with van der Waals surface area (Å²) in [5, 5.41) is 9.67. The maximum absolute atomic E-state index is 10.1. The first kappa shape index (κ1) is 17.6. The third-order valence-corrected chi connectivity index (χ3v) is 3.50. The molecule has 0 fully saturated rings. The third kappa shape index (κ3) is 13.7. The van der Waals surface area contributed by atoms with Crippen molar-refractivity contribution in [3.05, 3.63) is 0 Å². The summed E-state index contributed by atoms with van der Waals surface area (Å²) >= 11 is 0. The summed E-state index contributed by atoms with van der Waals surface area (Å²) in [5.74, 6) is 0. The van der Waals surface area contributed by atoms with E-state index in [1.54, 1.807) is 0 Å². The van der Waals surface area contributed by atoms with E-state index < -0.39 is 0 Å². The van der Waals surface area contributed by atoms with Gasteiger partial charge in [0.1, 0.15) is 6.29 Å². The molecule has 0 spiro atoms.